The lowest BCUT2D eigenvalue weighted by Crippen LogP contribution is -2.54. The van der Waals surface area contributed by atoms with Crippen molar-refractivity contribution in [2.45, 2.75) is 32.5 Å². The number of fused-ring (bicyclic) bond motifs is 1. The standard InChI is InChI=1S/C26H25Br2FN6O.C2HF3O2/c1-16-13-18(24-20(28)5-4-6-21(24)30-16)25(36)33-9-11-34(12-10-33)26(2,3)23-15-35(32-31-23)22-14-17(29)7-8-19(22)27;3-2(4,5)1(6)7/h4-8,13-15H,9-12H2,1-3H3;(H,6,7). The Balaban J connectivity index is 0.000000541. The first kappa shape index (κ1) is 32.5. The maximum atomic E-state index is 13.8. The molecule has 3 heterocycles. The number of carbonyl (C=O) groups is 2. The number of alkyl halides is 3. The quantitative estimate of drug-likeness (QED) is 0.253. The molecule has 228 valence electrons. The SMILES string of the molecule is Cc1cc(C(=O)N2CCN(C(C)(C)c3cn(-c4cc(F)ccc4Br)nn3)CC2)c2c(Br)cccc2n1.O=C(O)C(F)(F)F. The van der Waals surface area contributed by atoms with Gasteiger partial charge in [-0.2, -0.15) is 13.2 Å². The topological polar surface area (TPSA) is 104 Å². The lowest BCUT2D eigenvalue weighted by molar-refractivity contribution is -0.192. The third-order valence-electron chi connectivity index (χ3n) is 7.02. The molecule has 1 N–H and O–H groups in total. The van der Waals surface area contributed by atoms with Gasteiger partial charge in [0.25, 0.3) is 5.91 Å². The van der Waals surface area contributed by atoms with Crippen molar-refractivity contribution in [3.05, 3.63) is 80.4 Å². The Morgan fingerprint density at radius 2 is 1.63 bits per heavy atom. The van der Waals surface area contributed by atoms with Gasteiger partial charge in [-0.3, -0.25) is 14.7 Å². The van der Waals surface area contributed by atoms with Gasteiger partial charge in [-0.1, -0.05) is 27.2 Å². The summed E-state index contributed by atoms with van der Waals surface area (Å²) in [4.78, 5) is 31.3. The summed E-state index contributed by atoms with van der Waals surface area (Å²) in [6.07, 6.45) is -3.25. The molecular formula is C28H26Br2F4N6O3. The van der Waals surface area contributed by atoms with Gasteiger partial charge in [-0.15, -0.1) is 5.10 Å². The zero-order chi connectivity index (χ0) is 31.7. The first-order valence-electron chi connectivity index (χ1n) is 12.9. The van der Waals surface area contributed by atoms with Gasteiger partial charge in [-0.25, -0.2) is 13.9 Å². The molecule has 43 heavy (non-hydrogen) atoms. The Morgan fingerprint density at radius 1 is 0.977 bits per heavy atom. The molecule has 0 spiro atoms. The molecule has 0 aliphatic carbocycles. The summed E-state index contributed by atoms with van der Waals surface area (Å²) in [6.45, 7) is 8.68. The minimum absolute atomic E-state index is 0.0109. The van der Waals surface area contributed by atoms with Gasteiger partial charge in [0, 0.05) is 52.3 Å². The van der Waals surface area contributed by atoms with Gasteiger partial charge >= 0.3 is 12.1 Å². The van der Waals surface area contributed by atoms with Crippen LogP contribution < -0.4 is 0 Å². The summed E-state index contributed by atoms with van der Waals surface area (Å²) in [5.41, 5.74) is 3.23. The average molecular weight is 730 g/mol. The summed E-state index contributed by atoms with van der Waals surface area (Å²) in [5, 5.41) is 16.6. The molecule has 1 saturated heterocycles. The van der Waals surface area contributed by atoms with Crippen molar-refractivity contribution < 1.29 is 32.3 Å². The molecule has 2 aromatic heterocycles. The van der Waals surface area contributed by atoms with E-state index in [0.29, 0.717) is 37.4 Å². The Kier molecular flexibility index (Phi) is 9.57. The summed E-state index contributed by atoms with van der Waals surface area (Å²) in [6, 6.07) is 12.1. The minimum Gasteiger partial charge on any atom is -0.475 e. The van der Waals surface area contributed by atoms with Crippen LogP contribution in [0, 0.1) is 12.7 Å². The van der Waals surface area contributed by atoms with E-state index in [-0.39, 0.29) is 11.7 Å². The van der Waals surface area contributed by atoms with Crippen LogP contribution >= 0.6 is 31.9 Å². The van der Waals surface area contributed by atoms with E-state index in [4.69, 9.17) is 9.90 Å². The van der Waals surface area contributed by atoms with E-state index >= 15 is 0 Å². The second-order valence-corrected chi connectivity index (χ2v) is 11.9. The Bertz CT molecular complexity index is 1670. The molecular weight excluding hydrogens is 704 g/mol. The van der Waals surface area contributed by atoms with Crippen LogP contribution in [0.15, 0.2) is 57.6 Å². The zero-order valence-corrected chi connectivity index (χ0v) is 26.3. The van der Waals surface area contributed by atoms with E-state index in [1.165, 1.54) is 12.1 Å². The number of piperazine rings is 1. The third-order valence-corrected chi connectivity index (χ3v) is 8.35. The lowest BCUT2D eigenvalue weighted by Gasteiger charge is -2.43. The molecule has 0 atom stereocenters. The first-order valence-corrected chi connectivity index (χ1v) is 14.5. The Labute approximate surface area is 260 Å². The highest BCUT2D eigenvalue weighted by Gasteiger charge is 2.38. The largest absolute Gasteiger partial charge is 0.490 e. The number of hydrogen-bond donors (Lipinski definition) is 1. The van der Waals surface area contributed by atoms with Crippen molar-refractivity contribution in [3.63, 3.8) is 0 Å². The number of nitrogens with zero attached hydrogens (tertiary/aromatic N) is 6. The second-order valence-electron chi connectivity index (χ2n) is 10.2. The van der Waals surface area contributed by atoms with E-state index < -0.39 is 17.7 Å². The number of rotatable bonds is 4. The fraction of sp³-hybridized carbons (Fsp3) is 0.321. The molecule has 1 aliphatic heterocycles. The van der Waals surface area contributed by atoms with Gasteiger partial charge in [0.15, 0.2) is 0 Å². The number of halogens is 6. The number of amides is 1. The van der Waals surface area contributed by atoms with E-state index in [1.807, 2.05) is 42.3 Å². The normalized spacial score (nSPS) is 14.4. The summed E-state index contributed by atoms with van der Waals surface area (Å²) >= 11 is 7.05. The van der Waals surface area contributed by atoms with E-state index in [2.05, 4.69) is 65.9 Å². The fourth-order valence-corrected chi connectivity index (χ4v) is 5.67. The van der Waals surface area contributed by atoms with Crippen LogP contribution in [0.25, 0.3) is 16.6 Å². The number of benzene rings is 2. The predicted molar refractivity (Wildman–Crippen MR) is 157 cm³/mol. The number of aromatic nitrogens is 4. The highest BCUT2D eigenvalue weighted by Crippen LogP contribution is 2.31. The van der Waals surface area contributed by atoms with Gasteiger partial charge < -0.3 is 10.0 Å². The molecule has 9 nitrogen and oxygen atoms in total. The highest BCUT2D eigenvalue weighted by molar-refractivity contribution is 9.11. The smallest absolute Gasteiger partial charge is 0.475 e. The van der Waals surface area contributed by atoms with Crippen molar-refractivity contribution in [1.29, 1.82) is 0 Å². The molecule has 1 fully saturated rings. The van der Waals surface area contributed by atoms with E-state index in [0.717, 1.165) is 31.2 Å². The second kappa shape index (κ2) is 12.7. The number of aryl methyl sites for hydroxylation is 1. The van der Waals surface area contributed by atoms with Gasteiger partial charge in [0.2, 0.25) is 0 Å². The number of carboxylic acid groups (broad SMARTS) is 1. The monoisotopic (exact) mass is 728 g/mol. The molecule has 5 rings (SSSR count). The zero-order valence-electron chi connectivity index (χ0n) is 23.2. The highest BCUT2D eigenvalue weighted by atomic mass is 79.9. The first-order chi connectivity index (χ1) is 20.1. The molecule has 0 radical (unpaired) electrons. The molecule has 0 saturated carbocycles. The molecule has 15 heteroatoms. The van der Waals surface area contributed by atoms with Crippen molar-refractivity contribution in [2.24, 2.45) is 0 Å². The molecule has 1 aliphatic rings. The van der Waals surface area contributed by atoms with Crippen molar-refractivity contribution >= 4 is 54.6 Å². The molecule has 1 amide bonds. The van der Waals surface area contributed by atoms with Crippen molar-refractivity contribution in [1.82, 2.24) is 29.8 Å². The van der Waals surface area contributed by atoms with Crippen LogP contribution in [0.5, 0.6) is 0 Å². The number of aliphatic carboxylic acids is 1. The molecule has 0 bridgehead atoms. The Hall–Kier alpha value is -3.43. The van der Waals surface area contributed by atoms with Gasteiger partial charge in [-0.05, 0) is 67.0 Å². The molecule has 4 aromatic rings. The summed E-state index contributed by atoms with van der Waals surface area (Å²) < 4.78 is 48.7. The third kappa shape index (κ3) is 7.21. The minimum atomic E-state index is -5.08. The summed E-state index contributed by atoms with van der Waals surface area (Å²) in [7, 11) is 0. The summed E-state index contributed by atoms with van der Waals surface area (Å²) in [5.74, 6) is -3.08. The van der Waals surface area contributed by atoms with Crippen molar-refractivity contribution in [3.8, 4) is 5.69 Å². The average Bonchev–Trinajstić information content (AvgIpc) is 3.45. The Morgan fingerprint density at radius 3 is 2.26 bits per heavy atom. The number of carbonyl (C=O) groups excluding carboxylic acids is 1. The van der Waals surface area contributed by atoms with Crippen LogP contribution in [0.4, 0.5) is 17.6 Å². The van der Waals surface area contributed by atoms with Gasteiger partial charge in [0.1, 0.15) is 11.5 Å². The fourth-order valence-electron chi connectivity index (χ4n) is 4.67. The van der Waals surface area contributed by atoms with Crippen LogP contribution in [0.1, 0.15) is 35.6 Å². The van der Waals surface area contributed by atoms with E-state index in [1.54, 1.807) is 10.7 Å². The van der Waals surface area contributed by atoms with Crippen LogP contribution in [-0.4, -0.2) is 79.1 Å². The maximum absolute atomic E-state index is 13.8. The van der Waals surface area contributed by atoms with Crippen molar-refractivity contribution in [2.75, 3.05) is 26.2 Å². The maximum Gasteiger partial charge on any atom is 0.490 e. The molecule has 0 unspecified atom stereocenters. The number of carboxylic acids is 1. The van der Waals surface area contributed by atoms with Crippen LogP contribution in [0.2, 0.25) is 0 Å². The van der Waals surface area contributed by atoms with Crippen LogP contribution in [0.3, 0.4) is 0 Å². The van der Waals surface area contributed by atoms with E-state index in [9.17, 15) is 22.4 Å². The lowest BCUT2D eigenvalue weighted by atomic mass is 9.97. The number of pyridine rings is 1. The predicted octanol–water partition coefficient (Wildman–Crippen LogP) is 6.11. The number of hydrogen-bond acceptors (Lipinski definition) is 6. The molecule has 2 aromatic carbocycles. The van der Waals surface area contributed by atoms with Gasteiger partial charge in [0.05, 0.1) is 28.5 Å². The van der Waals surface area contributed by atoms with Crippen LogP contribution in [-0.2, 0) is 10.3 Å².